The molecule has 1 saturated carbocycles. The van der Waals surface area contributed by atoms with Crippen molar-refractivity contribution in [1.29, 1.82) is 0 Å². The van der Waals surface area contributed by atoms with Crippen LogP contribution in [0.5, 0.6) is 0 Å². The Morgan fingerprint density at radius 3 is 2.67 bits per heavy atom. The average molecular weight is 218 g/mol. The zero-order chi connectivity index (χ0) is 11.3. The highest BCUT2D eigenvalue weighted by atomic mass is 16.7. The first kappa shape index (κ1) is 11.7. The monoisotopic (exact) mass is 218 g/mol. The Morgan fingerprint density at radius 1 is 1.47 bits per heavy atom. The average Bonchev–Trinajstić information content (AvgIpc) is 2.09. The van der Waals surface area contributed by atoms with E-state index in [-0.39, 0.29) is 12.1 Å². The number of aliphatic carboxylic acids is 1. The molecule has 3 N–H and O–H groups in total. The van der Waals surface area contributed by atoms with Gasteiger partial charge in [0.2, 0.25) is 0 Å². The van der Waals surface area contributed by atoms with E-state index >= 15 is 0 Å². The van der Waals surface area contributed by atoms with E-state index in [0.717, 1.165) is 12.8 Å². The lowest BCUT2D eigenvalue weighted by Crippen LogP contribution is -2.50. The maximum Gasteiger partial charge on any atom is 0.338 e. The molecule has 86 valence electrons. The van der Waals surface area contributed by atoms with Crippen LogP contribution in [0.25, 0.3) is 0 Å². The molecule has 0 bridgehead atoms. The second kappa shape index (κ2) is 5.52. The third-order valence-corrected chi connectivity index (χ3v) is 2.12. The molecule has 0 radical (unpaired) electrons. The molecule has 0 aromatic carbocycles. The smallest absolute Gasteiger partial charge is 0.338 e. The van der Waals surface area contributed by atoms with Gasteiger partial charge in [-0.25, -0.2) is 15.1 Å². The van der Waals surface area contributed by atoms with Crippen molar-refractivity contribution in [3.63, 3.8) is 0 Å². The van der Waals surface area contributed by atoms with Crippen molar-refractivity contribution in [2.75, 3.05) is 13.7 Å². The van der Waals surface area contributed by atoms with E-state index in [1.165, 1.54) is 0 Å². The first-order chi connectivity index (χ1) is 7.11. The number of urea groups is 1. The molecule has 1 rings (SSSR count). The summed E-state index contributed by atoms with van der Waals surface area (Å²) in [5, 5.41) is 10.8. The molecule has 2 amide bonds. The van der Waals surface area contributed by atoms with Gasteiger partial charge in [-0.3, -0.25) is 4.84 Å². The number of methoxy groups -OCH3 is 1. The van der Waals surface area contributed by atoms with Gasteiger partial charge in [0.05, 0.1) is 6.10 Å². The Kier molecular flexibility index (Phi) is 4.32. The van der Waals surface area contributed by atoms with Crippen molar-refractivity contribution >= 4 is 12.0 Å². The second-order valence-corrected chi connectivity index (χ2v) is 3.28. The van der Waals surface area contributed by atoms with Gasteiger partial charge in [-0.1, -0.05) is 0 Å². The van der Waals surface area contributed by atoms with Crippen LogP contribution < -0.4 is 10.8 Å². The molecule has 0 aromatic heterocycles. The highest BCUT2D eigenvalue weighted by molar-refractivity contribution is 5.73. The third kappa shape index (κ3) is 4.13. The molecule has 7 heteroatoms. The summed E-state index contributed by atoms with van der Waals surface area (Å²) in [5.74, 6) is -1.14. The number of amides is 2. The van der Waals surface area contributed by atoms with Crippen LogP contribution in [0.3, 0.4) is 0 Å². The van der Waals surface area contributed by atoms with E-state index in [1.807, 2.05) is 5.48 Å². The van der Waals surface area contributed by atoms with Crippen LogP contribution in [0.4, 0.5) is 4.79 Å². The maximum atomic E-state index is 11.0. The predicted octanol–water partition coefficient (Wildman–Crippen LogP) is -0.521. The van der Waals surface area contributed by atoms with Gasteiger partial charge in [0, 0.05) is 13.2 Å². The predicted molar refractivity (Wildman–Crippen MR) is 49.1 cm³/mol. The Bertz CT molecular complexity index is 239. The summed E-state index contributed by atoms with van der Waals surface area (Å²) in [6.07, 6.45) is 1.74. The summed E-state index contributed by atoms with van der Waals surface area (Å²) in [7, 11) is 1.62. The highest BCUT2D eigenvalue weighted by Gasteiger charge is 2.30. The molecule has 0 aliphatic heterocycles. The number of carboxylic acid groups (broad SMARTS) is 1. The topological polar surface area (TPSA) is 96.9 Å². The van der Waals surface area contributed by atoms with Gasteiger partial charge >= 0.3 is 12.0 Å². The van der Waals surface area contributed by atoms with Crippen molar-refractivity contribution in [2.45, 2.75) is 25.0 Å². The Labute approximate surface area is 86.7 Å². The van der Waals surface area contributed by atoms with Gasteiger partial charge in [-0.05, 0) is 12.8 Å². The first-order valence-corrected chi connectivity index (χ1v) is 4.54. The quantitative estimate of drug-likeness (QED) is 0.539. The maximum absolute atomic E-state index is 11.0. The van der Waals surface area contributed by atoms with Crippen LogP contribution >= 0.6 is 0 Å². The number of carboxylic acids is 1. The minimum atomic E-state index is -1.14. The lowest BCUT2D eigenvalue weighted by Gasteiger charge is -2.34. The fraction of sp³-hybridized carbons (Fsp3) is 0.750. The summed E-state index contributed by atoms with van der Waals surface area (Å²) >= 11 is 0. The Morgan fingerprint density at radius 2 is 2.13 bits per heavy atom. The van der Waals surface area contributed by atoms with Crippen molar-refractivity contribution in [1.82, 2.24) is 10.8 Å². The zero-order valence-corrected chi connectivity index (χ0v) is 8.36. The number of hydroxylamine groups is 1. The second-order valence-electron chi connectivity index (χ2n) is 3.28. The van der Waals surface area contributed by atoms with E-state index in [1.54, 1.807) is 7.11 Å². The zero-order valence-electron chi connectivity index (χ0n) is 8.36. The molecule has 0 heterocycles. The summed E-state index contributed by atoms with van der Waals surface area (Å²) in [6.45, 7) is -0.557. The van der Waals surface area contributed by atoms with Gasteiger partial charge in [0.1, 0.15) is 0 Å². The fourth-order valence-electron chi connectivity index (χ4n) is 1.25. The van der Waals surface area contributed by atoms with Crippen LogP contribution in [0.15, 0.2) is 0 Å². The molecule has 0 spiro atoms. The third-order valence-electron chi connectivity index (χ3n) is 2.12. The minimum absolute atomic E-state index is 0.0726. The molecule has 1 aliphatic rings. The van der Waals surface area contributed by atoms with Crippen LogP contribution in [-0.2, 0) is 14.4 Å². The number of rotatable bonds is 5. The number of nitrogens with one attached hydrogen (secondary N) is 2. The van der Waals surface area contributed by atoms with Gasteiger partial charge in [0.25, 0.3) is 0 Å². The van der Waals surface area contributed by atoms with Crippen LogP contribution in [0.2, 0.25) is 0 Å². The SMILES string of the molecule is COC1CC(NC(=O)NOCC(=O)O)C1. The van der Waals surface area contributed by atoms with E-state index in [0.29, 0.717) is 0 Å². The van der Waals surface area contributed by atoms with Crippen molar-refractivity contribution in [2.24, 2.45) is 0 Å². The number of carbonyl (C=O) groups excluding carboxylic acids is 1. The first-order valence-electron chi connectivity index (χ1n) is 4.54. The summed E-state index contributed by atoms with van der Waals surface area (Å²) in [6, 6.07) is -0.459. The molecule has 15 heavy (non-hydrogen) atoms. The Hall–Kier alpha value is -1.34. The number of ether oxygens (including phenoxy) is 1. The lowest BCUT2D eigenvalue weighted by molar-refractivity contribution is -0.144. The van der Waals surface area contributed by atoms with E-state index < -0.39 is 18.6 Å². The molecular weight excluding hydrogens is 204 g/mol. The summed E-state index contributed by atoms with van der Waals surface area (Å²) in [5.41, 5.74) is 1.97. The van der Waals surface area contributed by atoms with Crippen molar-refractivity contribution in [3.8, 4) is 0 Å². The molecule has 1 aliphatic carbocycles. The largest absolute Gasteiger partial charge is 0.479 e. The molecule has 0 saturated heterocycles. The minimum Gasteiger partial charge on any atom is -0.479 e. The molecule has 0 unspecified atom stereocenters. The molecule has 1 fully saturated rings. The van der Waals surface area contributed by atoms with E-state index in [2.05, 4.69) is 10.2 Å². The summed E-state index contributed by atoms with van der Waals surface area (Å²) in [4.78, 5) is 25.5. The molecule has 0 atom stereocenters. The van der Waals surface area contributed by atoms with Crippen LogP contribution in [0, 0.1) is 0 Å². The lowest BCUT2D eigenvalue weighted by atomic mass is 9.89. The van der Waals surface area contributed by atoms with Crippen molar-refractivity contribution < 1.29 is 24.3 Å². The standard InChI is InChI=1S/C8H14N2O5/c1-14-6-2-5(3-6)9-8(13)10-15-4-7(11)12/h5-6H,2-4H2,1H3,(H,11,12)(H2,9,10,13). The van der Waals surface area contributed by atoms with E-state index in [4.69, 9.17) is 9.84 Å². The summed E-state index contributed by atoms with van der Waals surface area (Å²) < 4.78 is 5.03. The van der Waals surface area contributed by atoms with E-state index in [9.17, 15) is 9.59 Å². The van der Waals surface area contributed by atoms with Gasteiger partial charge in [-0.15, -0.1) is 0 Å². The molecular formula is C8H14N2O5. The molecule has 0 aromatic rings. The van der Waals surface area contributed by atoms with Gasteiger partial charge < -0.3 is 15.2 Å². The highest BCUT2D eigenvalue weighted by Crippen LogP contribution is 2.22. The van der Waals surface area contributed by atoms with Crippen LogP contribution in [-0.4, -0.2) is 43.0 Å². The van der Waals surface area contributed by atoms with Gasteiger partial charge in [-0.2, -0.15) is 0 Å². The number of hydrogen-bond acceptors (Lipinski definition) is 4. The van der Waals surface area contributed by atoms with Crippen molar-refractivity contribution in [3.05, 3.63) is 0 Å². The molecule has 7 nitrogen and oxygen atoms in total. The Balaban J connectivity index is 2.02. The number of hydrogen-bond donors (Lipinski definition) is 3. The fourth-order valence-corrected chi connectivity index (χ4v) is 1.25. The van der Waals surface area contributed by atoms with Gasteiger partial charge in [0.15, 0.2) is 6.61 Å². The number of carbonyl (C=O) groups is 2. The van der Waals surface area contributed by atoms with Crippen LogP contribution in [0.1, 0.15) is 12.8 Å². The normalized spacial score (nSPS) is 24.1.